The van der Waals surface area contributed by atoms with Crippen LogP contribution in [0.3, 0.4) is 0 Å². The van der Waals surface area contributed by atoms with E-state index in [4.69, 9.17) is 0 Å². The summed E-state index contributed by atoms with van der Waals surface area (Å²) in [5.74, 6) is 2.78. The summed E-state index contributed by atoms with van der Waals surface area (Å²) in [5, 5.41) is 8.66. The Kier molecular flexibility index (Phi) is 4.42. The quantitative estimate of drug-likeness (QED) is 0.722. The molecule has 24 heavy (non-hydrogen) atoms. The minimum atomic E-state index is 0.308. The fraction of sp³-hybridized carbons (Fsp3) is 0.294. The Morgan fingerprint density at radius 3 is 3.04 bits per heavy atom. The van der Waals surface area contributed by atoms with Crippen molar-refractivity contribution in [2.24, 2.45) is 0 Å². The van der Waals surface area contributed by atoms with Crippen LogP contribution in [0.1, 0.15) is 17.8 Å². The van der Waals surface area contributed by atoms with E-state index in [0.29, 0.717) is 6.04 Å². The standard InChI is InChI=1S/C17H18N6S/c1-2-4-13(5-3-1)11-24-17-9-18-8-15(22-17)21-14-6-7-16-19-12-20-23(16)10-14/h1-5,8-9,12,14H,6-7,10-11H2,(H,21,22). The van der Waals surface area contributed by atoms with Crippen molar-refractivity contribution in [2.75, 3.05) is 5.32 Å². The van der Waals surface area contributed by atoms with Gasteiger partial charge < -0.3 is 5.32 Å². The van der Waals surface area contributed by atoms with E-state index in [1.807, 2.05) is 16.9 Å². The van der Waals surface area contributed by atoms with Crippen LogP contribution in [-0.2, 0) is 18.7 Å². The monoisotopic (exact) mass is 338 g/mol. The van der Waals surface area contributed by atoms with Crippen molar-refractivity contribution in [2.45, 2.75) is 36.2 Å². The first-order chi connectivity index (χ1) is 11.9. The summed E-state index contributed by atoms with van der Waals surface area (Å²) in [6.07, 6.45) is 7.19. The summed E-state index contributed by atoms with van der Waals surface area (Å²) in [6.45, 7) is 0.818. The van der Waals surface area contributed by atoms with Gasteiger partial charge >= 0.3 is 0 Å². The van der Waals surface area contributed by atoms with E-state index in [-0.39, 0.29) is 0 Å². The second kappa shape index (κ2) is 7.00. The van der Waals surface area contributed by atoms with Gasteiger partial charge in [0.05, 0.1) is 18.9 Å². The summed E-state index contributed by atoms with van der Waals surface area (Å²) >= 11 is 1.70. The van der Waals surface area contributed by atoms with E-state index in [1.54, 1.807) is 24.3 Å². The van der Waals surface area contributed by atoms with E-state index in [9.17, 15) is 0 Å². The largest absolute Gasteiger partial charge is 0.364 e. The van der Waals surface area contributed by atoms with Crippen LogP contribution in [0.25, 0.3) is 0 Å². The summed E-state index contributed by atoms with van der Waals surface area (Å²) in [6, 6.07) is 10.7. The van der Waals surface area contributed by atoms with Gasteiger partial charge in [-0.25, -0.2) is 14.6 Å². The number of benzene rings is 1. The molecule has 3 heterocycles. The minimum absolute atomic E-state index is 0.308. The molecule has 6 nitrogen and oxygen atoms in total. The summed E-state index contributed by atoms with van der Waals surface area (Å²) in [4.78, 5) is 13.2. The molecule has 2 aromatic heterocycles. The molecule has 0 saturated carbocycles. The maximum atomic E-state index is 4.67. The van der Waals surface area contributed by atoms with E-state index in [0.717, 1.165) is 41.8 Å². The number of aryl methyl sites for hydroxylation is 1. The summed E-state index contributed by atoms with van der Waals surface area (Å²) in [7, 11) is 0. The number of rotatable bonds is 5. The van der Waals surface area contributed by atoms with Crippen molar-refractivity contribution in [3.05, 3.63) is 60.4 Å². The molecule has 0 radical (unpaired) electrons. The van der Waals surface area contributed by atoms with Crippen molar-refractivity contribution < 1.29 is 0 Å². The third-order valence-corrected chi connectivity index (χ3v) is 4.97. The van der Waals surface area contributed by atoms with Gasteiger partial charge in [-0.3, -0.25) is 4.98 Å². The maximum absolute atomic E-state index is 4.67. The topological polar surface area (TPSA) is 68.5 Å². The molecule has 122 valence electrons. The Bertz CT molecular complexity index is 804. The normalized spacial score (nSPS) is 16.6. The van der Waals surface area contributed by atoms with Crippen LogP contribution in [0.2, 0.25) is 0 Å². The maximum Gasteiger partial charge on any atom is 0.146 e. The van der Waals surface area contributed by atoms with Gasteiger partial charge in [-0.1, -0.05) is 30.3 Å². The number of thioether (sulfide) groups is 1. The summed E-state index contributed by atoms with van der Waals surface area (Å²) in [5.41, 5.74) is 1.29. The van der Waals surface area contributed by atoms with E-state index >= 15 is 0 Å². The summed E-state index contributed by atoms with van der Waals surface area (Å²) < 4.78 is 1.96. The number of hydrogen-bond donors (Lipinski definition) is 1. The van der Waals surface area contributed by atoms with Crippen molar-refractivity contribution >= 4 is 17.6 Å². The smallest absolute Gasteiger partial charge is 0.146 e. The molecule has 0 spiro atoms. The molecular formula is C17H18N6S. The number of nitrogens with zero attached hydrogens (tertiary/aromatic N) is 5. The third kappa shape index (κ3) is 3.56. The average molecular weight is 338 g/mol. The highest BCUT2D eigenvalue weighted by atomic mass is 32.2. The van der Waals surface area contributed by atoms with Gasteiger partial charge in [0.1, 0.15) is 23.0 Å². The van der Waals surface area contributed by atoms with Crippen LogP contribution in [0, 0.1) is 0 Å². The number of nitrogens with one attached hydrogen (secondary N) is 1. The second-order valence-electron chi connectivity index (χ2n) is 5.76. The van der Waals surface area contributed by atoms with Gasteiger partial charge in [0.15, 0.2) is 0 Å². The lowest BCUT2D eigenvalue weighted by atomic mass is 10.1. The molecule has 1 aliphatic rings. The lowest BCUT2D eigenvalue weighted by Gasteiger charge is -2.23. The highest BCUT2D eigenvalue weighted by molar-refractivity contribution is 7.98. The lowest BCUT2D eigenvalue weighted by molar-refractivity contribution is 0.440. The van der Waals surface area contributed by atoms with E-state index in [2.05, 4.69) is 49.6 Å². The van der Waals surface area contributed by atoms with Crippen LogP contribution < -0.4 is 5.32 Å². The number of aromatic nitrogens is 5. The Hall–Kier alpha value is -2.41. The average Bonchev–Trinajstić information content (AvgIpc) is 3.09. The zero-order valence-electron chi connectivity index (χ0n) is 13.2. The molecule has 0 amide bonds. The van der Waals surface area contributed by atoms with Crippen molar-refractivity contribution in [3.8, 4) is 0 Å². The number of hydrogen-bond acceptors (Lipinski definition) is 6. The molecule has 1 aromatic carbocycles. The first-order valence-electron chi connectivity index (χ1n) is 7.99. The molecule has 4 rings (SSSR count). The highest BCUT2D eigenvalue weighted by Crippen LogP contribution is 2.22. The Balaban J connectivity index is 1.38. The van der Waals surface area contributed by atoms with Gasteiger partial charge in [-0.05, 0) is 12.0 Å². The Morgan fingerprint density at radius 1 is 1.21 bits per heavy atom. The zero-order valence-corrected chi connectivity index (χ0v) is 14.0. The van der Waals surface area contributed by atoms with Crippen molar-refractivity contribution in [1.29, 1.82) is 0 Å². The van der Waals surface area contributed by atoms with Crippen LogP contribution in [0.4, 0.5) is 5.82 Å². The molecule has 0 saturated heterocycles. The molecule has 7 heteroatoms. The fourth-order valence-corrected chi connectivity index (χ4v) is 3.59. The van der Waals surface area contributed by atoms with E-state index in [1.165, 1.54) is 5.56 Å². The van der Waals surface area contributed by atoms with Crippen LogP contribution >= 0.6 is 11.8 Å². The van der Waals surface area contributed by atoms with Gasteiger partial charge in [-0.2, -0.15) is 5.10 Å². The predicted octanol–water partition coefficient (Wildman–Crippen LogP) is 2.79. The van der Waals surface area contributed by atoms with Gasteiger partial charge in [0.2, 0.25) is 0 Å². The predicted molar refractivity (Wildman–Crippen MR) is 93.8 cm³/mol. The Morgan fingerprint density at radius 2 is 2.12 bits per heavy atom. The zero-order chi connectivity index (χ0) is 16.2. The SMILES string of the molecule is c1ccc(CSc2cncc(NC3CCc4ncnn4C3)n2)cc1. The van der Waals surface area contributed by atoms with Crippen LogP contribution in [0.15, 0.2) is 54.1 Å². The molecule has 1 N–H and O–H groups in total. The molecule has 3 aromatic rings. The lowest BCUT2D eigenvalue weighted by Crippen LogP contribution is -2.32. The molecule has 0 fully saturated rings. The van der Waals surface area contributed by atoms with Crippen LogP contribution in [0.5, 0.6) is 0 Å². The third-order valence-electron chi connectivity index (χ3n) is 4.00. The molecule has 1 unspecified atom stereocenters. The fourth-order valence-electron chi connectivity index (χ4n) is 2.78. The highest BCUT2D eigenvalue weighted by Gasteiger charge is 2.20. The molecule has 0 aliphatic carbocycles. The van der Waals surface area contributed by atoms with Gasteiger partial charge in [0, 0.05) is 18.2 Å². The van der Waals surface area contributed by atoms with Gasteiger partial charge in [0.25, 0.3) is 0 Å². The molecule has 1 aliphatic heterocycles. The van der Waals surface area contributed by atoms with Crippen molar-refractivity contribution in [1.82, 2.24) is 24.7 Å². The first kappa shape index (κ1) is 15.1. The molecular weight excluding hydrogens is 320 g/mol. The Labute approximate surface area is 144 Å². The number of anilines is 1. The first-order valence-corrected chi connectivity index (χ1v) is 8.97. The van der Waals surface area contributed by atoms with E-state index < -0.39 is 0 Å². The minimum Gasteiger partial charge on any atom is -0.364 e. The second-order valence-corrected chi connectivity index (χ2v) is 6.75. The molecule has 0 bridgehead atoms. The molecule has 1 atom stereocenters. The number of fused-ring (bicyclic) bond motifs is 1. The van der Waals surface area contributed by atoms with Crippen LogP contribution in [-0.4, -0.2) is 30.8 Å². The van der Waals surface area contributed by atoms with Gasteiger partial charge in [-0.15, -0.1) is 11.8 Å². The van der Waals surface area contributed by atoms with Crippen molar-refractivity contribution in [3.63, 3.8) is 0 Å².